The van der Waals surface area contributed by atoms with E-state index in [0.29, 0.717) is 31.6 Å². The van der Waals surface area contributed by atoms with Crippen LogP contribution in [-0.4, -0.2) is 37.4 Å². The first-order chi connectivity index (χ1) is 9.04. The summed E-state index contributed by atoms with van der Waals surface area (Å²) in [6.45, 7) is 1.20. The molecule has 2 rings (SSSR count). The number of esters is 1. The van der Waals surface area contributed by atoms with E-state index in [1.54, 1.807) is 12.1 Å². The standard InChI is InChI=1S/C13H15BrFNO3/c1-19-13(18)9-2-3-10(12(15)11(9)14)16-6-4-8(17)5-7-16/h2-3,8,17H,4-7H2,1H3. The lowest BCUT2D eigenvalue weighted by molar-refractivity contribution is 0.0599. The minimum Gasteiger partial charge on any atom is -0.465 e. The number of rotatable bonds is 2. The zero-order valence-electron chi connectivity index (χ0n) is 10.5. The van der Waals surface area contributed by atoms with Crippen LogP contribution in [0.2, 0.25) is 0 Å². The van der Waals surface area contributed by atoms with Crippen LogP contribution >= 0.6 is 15.9 Å². The zero-order chi connectivity index (χ0) is 14.0. The number of carbonyl (C=O) groups is 1. The van der Waals surface area contributed by atoms with Gasteiger partial charge in [0.05, 0.1) is 28.9 Å². The van der Waals surface area contributed by atoms with Crippen molar-refractivity contribution in [2.75, 3.05) is 25.1 Å². The fourth-order valence-electron chi connectivity index (χ4n) is 2.16. The average Bonchev–Trinajstić information content (AvgIpc) is 2.42. The van der Waals surface area contributed by atoms with Gasteiger partial charge in [0.2, 0.25) is 0 Å². The molecule has 0 atom stereocenters. The van der Waals surface area contributed by atoms with Crippen molar-refractivity contribution in [1.82, 2.24) is 0 Å². The van der Waals surface area contributed by atoms with Gasteiger partial charge in [-0.2, -0.15) is 0 Å². The van der Waals surface area contributed by atoms with Crippen LogP contribution in [0.15, 0.2) is 16.6 Å². The number of aliphatic hydroxyl groups excluding tert-OH is 1. The van der Waals surface area contributed by atoms with Crippen molar-refractivity contribution in [1.29, 1.82) is 0 Å². The molecule has 0 aromatic heterocycles. The molecule has 4 nitrogen and oxygen atoms in total. The molecule has 0 aliphatic carbocycles. The van der Waals surface area contributed by atoms with E-state index in [1.165, 1.54) is 7.11 Å². The molecule has 0 radical (unpaired) electrons. The van der Waals surface area contributed by atoms with Crippen LogP contribution in [0.5, 0.6) is 0 Å². The molecule has 0 amide bonds. The number of piperidine rings is 1. The van der Waals surface area contributed by atoms with Crippen LogP contribution in [0.3, 0.4) is 0 Å². The van der Waals surface area contributed by atoms with E-state index in [2.05, 4.69) is 20.7 Å². The Balaban J connectivity index is 2.28. The second-order valence-electron chi connectivity index (χ2n) is 4.47. The SMILES string of the molecule is COC(=O)c1ccc(N2CCC(O)CC2)c(F)c1Br. The van der Waals surface area contributed by atoms with Crippen molar-refractivity contribution in [3.63, 3.8) is 0 Å². The predicted octanol–water partition coefficient (Wildman–Crippen LogP) is 2.34. The lowest BCUT2D eigenvalue weighted by atomic mass is 10.1. The van der Waals surface area contributed by atoms with Crippen molar-refractivity contribution in [2.45, 2.75) is 18.9 Å². The third kappa shape index (κ3) is 2.90. The summed E-state index contributed by atoms with van der Waals surface area (Å²) in [5.74, 6) is -1.05. The summed E-state index contributed by atoms with van der Waals surface area (Å²) in [5, 5.41) is 9.46. The number of nitrogens with zero attached hydrogens (tertiary/aromatic N) is 1. The number of hydrogen-bond donors (Lipinski definition) is 1. The first kappa shape index (κ1) is 14.3. The largest absolute Gasteiger partial charge is 0.465 e. The van der Waals surface area contributed by atoms with E-state index in [1.807, 2.05) is 4.90 Å². The Morgan fingerprint density at radius 3 is 2.68 bits per heavy atom. The summed E-state index contributed by atoms with van der Waals surface area (Å²) in [5.41, 5.74) is 0.604. The summed E-state index contributed by atoms with van der Waals surface area (Å²) < 4.78 is 19.0. The number of anilines is 1. The van der Waals surface area contributed by atoms with Crippen molar-refractivity contribution in [3.8, 4) is 0 Å². The maximum absolute atomic E-state index is 14.3. The normalized spacial score (nSPS) is 16.5. The fraction of sp³-hybridized carbons (Fsp3) is 0.462. The molecule has 6 heteroatoms. The minimum atomic E-state index is -0.577. The molecule has 0 unspecified atom stereocenters. The van der Waals surface area contributed by atoms with E-state index in [0.717, 1.165) is 0 Å². The highest BCUT2D eigenvalue weighted by atomic mass is 79.9. The molecule has 1 aromatic carbocycles. The molecule has 1 fully saturated rings. The Bertz CT molecular complexity index is 487. The third-order valence-corrected chi connectivity index (χ3v) is 4.05. The monoisotopic (exact) mass is 331 g/mol. The molecular formula is C13H15BrFNO3. The van der Waals surface area contributed by atoms with Gasteiger partial charge in [0.25, 0.3) is 0 Å². The van der Waals surface area contributed by atoms with Crippen LogP contribution < -0.4 is 4.90 Å². The van der Waals surface area contributed by atoms with Gasteiger partial charge in [-0.05, 0) is 40.9 Å². The molecule has 1 saturated heterocycles. The number of aliphatic hydroxyl groups is 1. The predicted molar refractivity (Wildman–Crippen MR) is 72.9 cm³/mol. The molecule has 1 aromatic rings. The fourth-order valence-corrected chi connectivity index (χ4v) is 2.66. The van der Waals surface area contributed by atoms with E-state index in [-0.39, 0.29) is 16.1 Å². The van der Waals surface area contributed by atoms with Crippen molar-refractivity contribution in [3.05, 3.63) is 28.0 Å². The van der Waals surface area contributed by atoms with Gasteiger partial charge < -0.3 is 14.7 Å². The Morgan fingerprint density at radius 2 is 2.11 bits per heavy atom. The van der Waals surface area contributed by atoms with E-state index in [4.69, 9.17) is 0 Å². The number of ether oxygens (including phenoxy) is 1. The van der Waals surface area contributed by atoms with Crippen LogP contribution in [-0.2, 0) is 4.74 Å². The summed E-state index contributed by atoms with van der Waals surface area (Å²) in [6, 6.07) is 3.11. The van der Waals surface area contributed by atoms with Crippen molar-refractivity contribution >= 4 is 27.6 Å². The molecule has 1 aliphatic heterocycles. The van der Waals surface area contributed by atoms with Gasteiger partial charge in [-0.1, -0.05) is 0 Å². The first-order valence-electron chi connectivity index (χ1n) is 6.04. The van der Waals surface area contributed by atoms with Gasteiger partial charge in [0.15, 0.2) is 5.82 Å². The topological polar surface area (TPSA) is 49.8 Å². The second-order valence-corrected chi connectivity index (χ2v) is 5.26. The number of hydrogen-bond acceptors (Lipinski definition) is 4. The maximum Gasteiger partial charge on any atom is 0.339 e. The molecule has 0 spiro atoms. The Morgan fingerprint density at radius 1 is 1.47 bits per heavy atom. The molecule has 1 N–H and O–H groups in total. The average molecular weight is 332 g/mol. The summed E-state index contributed by atoms with van der Waals surface area (Å²) in [4.78, 5) is 13.3. The summed E-state index contributed by atoms with van der Waals surface area (Å²) >= 11 is 3.10. The van der Waals surface area contributed by atoms with Gasteiger partial charge in [0.1, 0.15) is 0 Å². The maximum atomic E-state index is 14.3. The van der Waals surface area contributed by atoms with Gasteiger partial charge in [0, 0.05) is 13.1 Å². The van der Waals surface area contributed by atoms with Crippen LogP contribution in [0, 0.1) is 5.82 Å². The number of halogens is 2. The van der Waals surface area contributed by atoms with Gasteiger partial charge in [-0.25, -0.2) is 9.18 Å². The summed E-state index contributed by atoms with van der Waals surface area (Å²) in [6.07, 6.45) is 0.933. The second kappa shape index (κ2) is 5.88. The molecular weight excluding hydrogens is 317 g/mol. The third-order valence-electron chi connectivity index (χ3n) is 3.27. The van der Waals surface area contributed by atoms with Crippen LogP contribution in [0.1, 0.15) is 23.2 Å². The van der Waals surface area contributed by atoms with E-state index < -0.39 is 11.8 Å². The Labute approximate surface area is 119 Å². The summed E-state index contributed by atoms with van der Waals surface area (Å²) in [7, 11) is 1.26. The Hall–Kier alpha value is -1.14. The Kier molecular flexibility index (Phi) is 4.42. The highest BCUT2D eigenvalue weighted by Crippen LogP contribution is 2.31. The van der Waals surface area contributed by atoms with Crippen LogP contribution in [0.25, 0.3) is 0 Å². The molecule has 19 heavy (non-hydrogen) atoms. The molecule has 1 aliphatic rings. The zero-order valence-corrected chi connectivity index (χ0v) is 12.1. The van der Waals surface area contributed by atoms with Crippen LogP contribution in [0.4, 0.5) is 10.1 Å². The molecule has 104 valence electrons. The van der Waals surface area contributed by atoms with Gasteiger partial charge in [-0.15, -0.1) is 0 Å². The number of benzene rings is 1. The minimum absolute atomic E-state index is 0.114. The highest BCUT2D eigenvalue weighted by molar-refractivity contribution is 9.10. The number of carbonyl (C=O) groups excluding carboxylic acids is 1. The van der Waals surface area contributed by atoms with E-state index >= 15 is 0 Å². The van der Waals surface area contributed by atoms with Gasteiger partial charge in [-0.3, -0.25) is 0 Å². The van der Waals surface area contributed by atoms with E-state index in [9.17, 15) is 14.3 Å². The lowest BCUT2D eigenvalue weighted by Crippen LogP contribution is -2.36. The van der Waals surface area contributed by atoms with Crippen molar-refractivity contribution < 1.29 is 19.0 Å². The van der Waals surface area contributed by atoms with Crippen molar-refractivity contribution in [2.24, 2.45) is 0 Å². The molecule has 0 saturated carbocycles. The molecule has 0 bridgehead atoms. The quantitative estimate of drug-likeness (QED) is 0.845. The lowest BCUT2D eigenvalue weighted by Gasteiger charge is -2.32. The highest BCUT2D eigenvalue weighted by Gasteiger charge is 2.23. The van der Waals surface area contributed by atoms with Gasteiger partial charge >= 0.3 is 5.97 Å². The first-order valence-corrected chi connectivity index (χ1v) is 6.83. The molecule has 1 heterocycles. The number of methoxy groups -OCH3 is 1. The smallest absolute Gasteiger partial charge is 0.339 e.